The van der Waals surface area contributed by atoms with E-state index in [2.05, 4.69) is 10.3 Å². The summed E-state index contributed by atoms with van der Waals surface area (Å²) in [6, 6.07) is -0.338. The summed E-state index contributed by atoms with van der Waals surface area (Å²) in [6.45, 7) is 2.53. The third-order valence-electron chi connectivity index (χ3n) is 2.25. The molecule has 18 heavy (non-hydrogen) atoms. The number of carboxylic acid groups (broad SMARTS) is 1. The number of thiazole rings is 1. The Labute approximate surface area is 110 Å². The zero-order valence-electron chi connectivity index (χ0n) is 10.3. The van der Waals surface area contributed by atoms with Crippen LogP contribution in [0.25, 0.3) is 0 Å². The highest BCUT2D eigenvalue weighted by Crippen LogP contribution is 2.01. The lowest BCUT2D eigenvalue weighted by molar-refractivity contribution is -0.137. The third-order valence-corrected chi connectivity index (χ3v) is 2.88. The molecule has 2 amide bonds. The van der Waals surface area contributed by atoms with Gasteiger partial charge in [-0.1, -0.05) is 6.92 Å². The standard InChI is InChI=1S/C11H17N3O3S/c1-2-5-14(6-10(15)16)11(17)12-4-3-9-7-18-8-13-9/h7-8H,2-6H2,1H3,(H,12,17)(H,15,16). The average Bonchev–Trinajstić information content (AvgIpc) is 2.81. The van der Waals surface area contributed by atoms with Gasteiger partial charge in [0.25, 0.3) is 0 Å². The van der Waals surface area contributed by atoms with E-state index >= 15 is 0 Å². The summed E-state index contributed by atoms with van der Waals surface area (Å²) < 4.78 is 0. The number of carbonyl (C=O) groups excluding carboxylic acids is 1. The zero-order chi connectivity index (χ0) is 13.4. The minimum absolute atomic E-state index is 0.267. The number of urea groups is 1. The van der Waals surface area contributed by atoms with Crippen molar-refractivity contribution in [2.75, 3.05) is 19.6 Å². The number of rotatable bonds is 7. The van der Waals surface area contributed by atoms with E-state index in [-0.39, 0.29) is 12.6 Å². The molecule has 100 valence electrons. The third kappa shape index (κ3) is 5.13. The van der Waals surface area contributed by atoms with Crippen LogP contribution in [0.4, 0.5) is 4.79 Å². The first-order valence-electron chi connectivity index (χ1n) is 5.75. The molecule has 1 aromatic rings. The molecule has 0 saturated heterocycles. The van der Waals surface area contributed by atoms with Crippen LogP contribution in [0.2, 0.25) is 0 Å². The Bertz CT molecular complexity index is 381. The lowest BCUT2D eigenvalue weighted by Gasteiger charge is -2.20. The van der Waals surface area contributed by atoms with Gasteiger partial charge in [0.05, 0.1) is 11.2 Å². The average molecular weight is 271 g/mol. The van der Waals surface area contributed by atoms with Crippen LogP contribution in [0.1, 0.15) is 19.0 Å². The molecule has 0 aliphatic rings. The van der Waals surface area contributed by atoms with E-state index in [1.54, 1.807) is 5.51 Å². The Kier molecular flexibility index (Phi) is 6.13. The van der Waals surface area contributed by atoms with Crippen LogP contribution < -0.4 is 5.32 Å². The highest BCUT2D eigenvalue weighted by atomic mass is 32.1. The molecule has 0 radical (unpaired) electrons. The van der Waals surface area contributed by atoms with Gasteiger partial charge in [-0.3, -0.25) is 4.79 Å². The summed E-state index contributed by atoms with van der Waals surface area (Å²) in [5.41, 5.74) is 2.67. The van der Waals surface area contributed by atoms with Crippen molar-refractivity contribution >= 4 is 23.3 Å². The van der Waals surface area contributed by atoms with E-state index in [4.69, 9.17) is 5.11 Å². The second-order valence-corrected chi connectivity index (χ2v) is 4.50. The lowest BCUT2D eigenvalue weighted by atomic mass is 10.3. The Hall–Kier alpha value is -1.63. The van der Waals surface area contributed by atoms with E-state index in [1.807, 2.05) is 12.3 Å². The van der Waals surface area contributed by atoms with Crippen molar-refractivity contribution in [1.29, 1.82) is 0 Å². The second kappa shape index (κ2) is 7.65. The molecule has 1 heterocycles. The lowest BCUT2D eigenvalue weighted by Crippen LogP contribution is -2.43. The van der Waals surface area contributed by atoms with Gasteiger partial charge in [-0.15, -0.1) is 11.3 Å². The normalized spacial score (nSPS) is 10.1. The van der Waals surface area contributed by atoms with Crippen molar-refractivity contribution in [3.8, 4) is 0 Å². The molecule has 0 atom stereocenters. The number of hydrogen-bond donors (Lipinski definition) is 2. The van der Waals surface area contributed by atoms with Gasteiger partial charge in [0.1, 0.15) is 6.54 Å². The van der Waals surface area contributed by atoms with Gasteiger partial charge in [0, 0.05) is 24.9 Å². The van der Waals surface area contributed by atoms with Crippen molar-refractivity contribution in [2.24, 2.45) is 0 Å². The molecule has 6 nitrogen and oxygen atoms in total. The molecule has 7 heteroatoms. The number of nitrogens with zero attached hydrogens (tertiary/aromatic N) is 2. The number of aromatic nitrogens is 1. The second-order valence-electron chi connectivity index (χ2n) is 3.78. The predicted molar refractivity (Wildman–Crippen MR) is 68.7 cm³/mol. The minimum Gasteiger partial charge on any atom is -0.480 e. The molecular weight excluding hydrogens is 254 g/mol. The Morgan fingerprint density at radius 3 is 2.89 bits per heavy atom. The Balaban J connectivity index is 2.34. The summed E-state index contributed by atoms with van der Waals surface area (Å²) >= 11 is 1.51. The van der Waals surface area contributed by atoms with E-state index in [1.165, 1.54) is 16.2 Å². The summed E-state index contributed by atoms with van der Waals surface area (Å²) in [5, 5.41) is 13.3. The largest absolute Gasteiger partial charge is 0.480 e. The summed E-state index contributed by atoms with van der Waals surface area (Å²) in [5.74, 6) is -1.00. The van der Waals surface area contributed by atoms with Crippen molar-refractivity contribution in [3.05, 3.63) is 16.6 Å². The van der Waals surface area contributed by atoms with Crippen LogP contribution in [0.15, 0.2) is 10.9 Å². The number of aliphatic carboxylic acids is 1. The first kappa shape index (κ1) is 14.4. The van der Waals surface area contributed by atoms with Crippen molar-refractivity contribution in [1.82, 2.24) is 15.2 Å². The van der Waals surface area contributed by atoms with Crippen molar-refractivity contribution in [2.45, 2.75) is 19.8 Å². The molecule has 0 spiro atoms. The Morgan fingerprint density at radius 1 is 1.56 bits per heavy atom. The van der Waals surface area contributed by atoms with Crippen LogP contribution in [-0.2, 0) is 11.2 Å². The molecule has 0 fully saturated rings. The van der Waals surface area contributed by atoms with Gasteiger partial charge in [-0.25, -0.2) is 9.78 Å². The minimum atomic E-state index is -1.00. The predicted octanol–water partition coefficient (Wildman–Crippen LogP) is 1.19. The molecule has 0 bridgehead atoms. The zero-order valence-corrected chi connectivity index (χ0v) is 11.1. The molecule has 0 aliphatic heterocycles. The molecule has 0 unspecified atom stereocenters. The fourth-order valence-corrected chi connectivity index (χ4v) is 2.05. The summed E-state index contributed by atoms with van der Waals surface area (Å²) in [6.07, 6.45) is 1.38. The topological polar surface area (TPSA) is 82.5 Å². The van der Waals surface area contributed by atoms with E-state index in [9.17, 15) is 9.59 Å². The maximum Gasteiger partial charge on any atom is 0.323 e. The van der Waals surface area contributed by atoms with Gasteiger partial charge < -0.3 is 15.3 Å². The molecule has 0 aromatic carbocycles. The van der Waals surface area contributed by atoms with Crippen LogP contribution in [-0.4, -0.2) is 46.6 Å². The molecule has 1 rings (SSSR count). The highest BCUT2D eigenvalue weighted by molar-refractivity contribution is 7.07. The van der Waals surface area contributed by atoms with Gasteiger partial charge in [0.2, 0.25) is 0 Å². The molecule has 1 aromatic heterocycles. The molecule has 0 aliphatic carbocycles. The SMILES string of the molecule is CCCN(CC(=O)O)C(=O)NCCc1cscn1. The first-order chi connectivity index (χ1) is 8.63. The van der Waals surface area contributed by atoms with Gasteiger partial charge in [0.15, 0.2) is 0 Å². The van der Waals surface area contributed by atoms with E-state index in [0.29, 0.717) is 19.5 Å². The molecule has 0 saturated carbocycles. The van der Waals surface area contributed by atoms with Gasteiger partial charge in [-0.05, 0) is 6.42 Å². The monoisotopic (exact) mass is 271 g/mol. The number of carboxylic acids is 1. The van der Waals surface area contributed by atoms with Crippen LogP contribution in [0, 0.1) is 0 Å². The fraction of sp³-hybridized carbons (Fsp3) is 0.545. The van der Waals surface area contributed by atoms with Crippen LogP contribution in [0.5, 0.6) is 0 Å². The molecule has 2 N–H and O–H groups in total. The van der Waals surface area contributed by atoms with Crippen molar-refractivity contribution in [3.63, 3.8) is 0 Å². The maximum absolute atomic E-state index is 11.7. The number of hydrogen-bond acceptors (Lipinski definition) is 4. The van der Waals surface area contributed by atoms with Crippen LogP contribution in [0.3, 0.4) is 0 Å². The van der Waals surface area contributed by atoms with E-state index < -0.39 is 5.97 Å². The Morgan fingerprint density at radius 2 is 2.33 bits per heavy atom. The molecular formula is C11H17N3O3S. The number of carbonyl (C=O) groups is 2. The van der Waals surface area contributed by atoms with Gasteiger partial charge >= 0.3 is 12.0 Å². The van der Waals surface area contributed by atoms with Gasteiger partial charge in [-0.2, -0.15) is 0 Å². The smallest absolute Gasteiger partial charge is 0.323 e. The van der Waals surface area contributed by atoms with Crippen molar-refractivity contribution < 1.29 is 14.7 Å². The summed E-state index contributed by atoms with van der Waals surface area (Å²) in [7, 11) is 0. The quantitative estimate of drug-likeness (QED) is 0.780. The van der Waals surface area contributed by atoms with Crippen LogP contribution >= 0.6 is 11.3 Å². The number of nitrogens with one attached hydrogen (secondary N) is 1. The summed E-state index contributed by atoms with van der Waals surface area (Å²) in [4.78, 5) is 27.7. The highest BCUT2D eigenvalue weighted by Gasteiger charge is 2.15. The van der Waals surface area contributed by atoms with E-state index in [0.717, 1.165) is 12.1 Å². The fourth-order valence-electron chi connectivity index (χ4n) is 1.46. The number of amides is 2. The first-order valence-corrected chi connectivity index (χ1v) is 6.69. The maximum atomic E-state index is 11.7.